The first-order valence-corrected chi connectivity index (χ1v) is 6.91. The third-order valence-electron chi connectivity index (χ3n) is 3.00. The molecule has 7 nitrogen and oxygen atoms in total. The molecule has 1 aliphatic heterocycles. The minimum Gasteiger partial charge on any atom is -0.444 e. The van der Waals surface area contributed by atoms with E-state index in [4.69, 9.17) is 14.7 Å². The number of ether oxygens (including phenoxy) is 2. The lowest BCUT2D eigenvalue weighted by molar-refractivity contribution is -0.131. The number of nitrogens with one attached hydrogen (secondary N) is 1. The topological polar surface area (TPSA) is 91.7 Å². The molecule has 1 unspecified atom stereocenters. The van der Waals surface area contributed by atoms with Crippen LogP contribution in [0.1, 0.15) is 34.1 Å². The molecule has 0 bridgehead atoms. The van der Waals surface area contributed by atoms with Gasteiger partial charge in [0.2, 0.25) is 5.91 Å². The van der Waals surface area contributed by atoms with E-state index in [-0.39, 0.29) is 25.2 Å². The van der Waals surface area contributed by atoms with Crippen molar-refractivity contribution in [3.8, 4) is 6.07 Å². The van der Waals surface area contributed by atoms with Gasteiger partial charge in [-0.3, -0.25) is 4.79 Å². The molecule has 1 saturated heterocycles. The highest BCUT2D eigenvalue weighted by atomic mass is 16.6. The van der Waals surface area contributed by atoms with Gasteiger partial charge in [-0.15, -0.1) is 0 Å². The highest BCUT2D eigenvalue weighted by molar-refractivity contribution is 5.77. The summed E-state index contributed by atoms with van der Waals surface area (Å²) in [5.74, 6) is -0.339. The Hall–Kier alpha value is -1.81. The van der Waals surface area contributed by atoms with Crippen LogP contribution in [0.25, 0.3) is 0 Å². The van der Waals surface area contributed by atoms with Crippen LogP contribution < -0.4 is 5.32 Å². The van der Waals surface area contributed by atoms with Crippen molar-refractivity contribution in [3.63, 3.8) is 0 Å². The Kier molecular flexibility index (Phi) is 5.55. The van der Waals surface area contributed by atoms with Crippen LogP contribution in [-0.2, 0) is 14.3 Å². The van der Waals surface area contributed by atoms with Gasteiger partial charge in [0.25, 0.3) is 0 Å². The molecule has 0 saturated carbocycles. The third kappa shape index (κ3) is 6.00. The van der Waals surface area contributed by atoms with Crippen LogP contribution in [0.5, 0.6) is 0 Å². The van der Waals surface area contributed by atoms with E-state index in [1.54, 1.807) is 4.90 Å². The fourth-order valence-corrected chi connectivity index (χ4v) is 1.96. The van der Waals surface area contributed by atoms with Gasteiger partial charge in [0.15, 0.2) is 0 Å². The average Bonchev–Trinajstić information content (AvgIpc) is 2.75. The standard InChI is InChI=1S/C14H23N3O4/c1-13(2,3)21-12(19)17-8-5-14(4,10-17)20-9-11(18)16-7-6-15/h5,7-10H2,1-4H3,(H,16,18). The molecule has 1 fully saturated rings. The van der Waals surface area contributed by atoms with E-state index in [0.717, 1.165) is 0 Å². The summed E-state index contributed by atoms with van der Waals surface area (Å²) in [6.45, 7) is 8.06. The molecular formula is C14H23N3O4. The van der Waals surface area contributed by atoms with E-state index in [1.807, 2.05) is 33.8 Å². The maximum atomic E-state index is 12.0. The fourth-order valence-electron chi connectivity index (χ4n) is 1.96. The first-order valence-electron chi connectivity index (χ1n) is 6.91. The maximum absolute atomic E-state index is 12.0. The minimum atomic E-state index is -0.569. The predicted molar refractivity (Wildman–Crippen MR) is 75.4 cm³/mol. The third-order valence-corrected chi connectivity index (χ3v) is 3.00. The summed E-state index contributed by atoms with van der Waals surface area (Å²) in [7, 11) is 0. The molecule has 0 aromatic heterocycles. The average molecular weight is 297 g/mol. The van der Waals surface area contributed by atoms with Crippen molar-refractivity contribution in [1.82, 2.24) is 10.2 Å². The van der Waals surface area contributed by atoms with Crippen LogP contribution in [-0.4, -0.2) is 54.3 Å². The van der Waals surface area contributed by atoms with E-state index in [0.29, 0.717) is 19.5 Å². The minimum absolute atomic E-state index is 0.0387. The summed E-state index contributed by atoms with van der Waals surface area (Å²) < 4.78 is 10.9. The van der Waals surface area contributed by atoms with Crippen molar-refractivity contribution in [2.24, 2.45) is 0 Å². The van der Waals surface area contributed by atoms with Gasteiger partial charge in [0.05, 0.1) is 18.2 Å². The lowest BCUT2D eigenvalue weighted by Gasteiger charge is -2.27. The largest absolute Gasteiger partial charge is 0.444 e. The van der Waals surface area contributed by atoms with Crippen molar-refractivity contribution < 1.29 is 19.1 Å². The highest BCUT2D eigenvalue weighted by Gasteiger charge is 2.38. The summed E-state index contributed by atoms with van der Waals surface area (Å²) in [5.41, 5.74) is -1.10. The molecule has 2 amide bonds. The molecule has 0 spiro atoms. The number of nitriles is 1. The van der Waals surface area contributed by atoms with Gasteiger partial charge in [-0.05, 0) is 34.1 Å². The van der Waals surface area contributed by atoms with Crippen molar-refractivity contribution in [3.05, 3.63) is 0 Å². The van der Waals surface area contributed by atoms with Gasteiger partial charge in [-0.25, -0.2) is 4.79 Å². The molecule has 0 aromatic rings. The zero-order chi connectivity index (χ0) is 16.1. The SMILES string of the molecule is CC(C)(C)OC(=O)N1CCC(C)(OCC(=O)NCC#N)C1. The molecule has 118 valence electrons. The second-order valence-electron chi connectivity index (χ2n) is 6.33. The molecule has 0 radical (unpaired) electrons. The number of likely N-dealkylation sites (tertiary alicyclic amines) is 1. The molecule has 0 aliphatic carbocycles. The molecule has 1 heterocycles. The Bertz CT molecular complexity index is 438. The molecule has 7 heteroatoms. The van der Waals surface area contributed by atoms with Crippen LogP contribution in [0.2, 0.25) is 0 Å². The van der Waals surface area contributed by atoms with Crippen LogP contribution >= 0.6 is 0 Å². The molecule has 1 aliphatic rings. The van der Waals surface area contributed by atoms with Gasteiger partial charge in [0.1, 0.15) is 18.8 Å². The van der Waals surface area contributed by atoms with Crippen LogP contribution in [0.15, 0.2) is 0 Å². The number of hydrogen-bond donors (Lipinski definition) is 1. The zero-order valence-corrected chi connectivity index (χ0v) is 13.1. The number of rotatable bonds is 4. The number of carbonyl (C=O) groups excluding carboxylic acids is 2. The second-order valence-corrected chi connectivity index (χ2v) is 6.33. The summed E-state index contributed by atoms with van der Waals surface area (Å²) in [4.78, 5) is 25.0. The Balaban J connectivity index is 2.43. The molecule has 1 rings (SSSR count). The summed E-state index contributed by atoms with van der Waals surface area (Å²) in [6.07, 6.45) is 0.265. The van der Waals surface area contributed by atoms with Gasteiger partial charge < -0.3 is 19.7 Å². The molecule has 1 atom stereocenters. The smallest absolute Gasteiger partial charge is 0.410 e. The van der Waals surface area contributed by atoms with Crippen molar-refractivity contribution >= 4 is 12.0 Å². The lowest BCUT2D eigenvalue weighted by Crippen LogP contribution is -2.40. The first kappa shape index (κ1) is 17.2. The summed E-state index contributed by atoms with van der Waals surface area (Å²) in [6, 6.07) is 1.82. The van der Waals surface area contributed by atoms with E-state index in [9.17, 15) is 9.59 Å². The maximum Gasteiger partial charge on any atom is 0.410 e. The number of nitrogens with zero attached hydrogens (tertiary/aromatic N) is 2. The van der Waals surface area contributed by atoms with E-state index in [1.165, 1.54) is 0 Å². The van der Waals surface area contributed by atoms with E-state index < -0.39 is 11.2 Å². The molecule has 1 N–H and O–H groups in total. The highest BCUT2D eigenvalue weighted by Crippen LogP contribution is 2.26. The van der Waals surface area contributed by atoms with Crippen LogP contribution in [0.4, 0.5) is 4.79 Å². The molecular weight excluding hydrogens is 274 g/mol. The first-order chi connectivity index (χ1) is 9.65. The predicted octanol–water partition coefficient (Wildman–Crippen LogP) is 1.04. The summed E-state index contributed by atoms with van der Waals surface area (Å²) >= 11 is 0. The van der Waals surface area contributed by atoms with Crippen molar-refractivity contribution in [1.29, 1.82) is 5.26 Å². The van der Waals surface area contributed by atoms with Gasteiger partial charge in [0, 0.05) is 6.54 Å². The van der Waals surface area contributed by atoms with Crippen molar-refractivity contribution in [2.75, 3.05) is 26.2 Å². The fraction of sp³-hybridized carbons (Fsp3) is 0.786. The summed E-state index contributed by atoms with van der Waals surface area (Å²) in [5, 5.41) is 10.8. The van der Waals surface area contributed by atoms with E-state index >= 15 is 0 Å². The second kappa shape index (κ2) is 6.76. The Morgan fingerprint density at radius 3 is 2.67 bits per heavy atom. The monoisotopic (exact) mass is 297 g/mol. The van der Waals surface area contributed by atoms with Gasteiger partial charge in [-0.1, -0.05) is 0 Å². The Labute approximate surface area is 125 Å². The van der Waals surface area contributed by atoms with Gasteiger partial charge >= 0.3 is 6.09 Å². The lowest BCUT2D eigenvalue weighted by atomic mass is 10.1. The Morgan fingerprint density at radius 2 is 2.10 bits per heavy atom. The quantitative estimate of drug-likeness (QED) is 0.783. The number of hydrogen-bond acceptors (Lipinski definition) is 5. The number of amides is 2. The van der Waals surface area contributed by atoms with Crippen molar-refractivity contribution in [2.45, 2.75) is 45.3 Å². The van der Waals surface area contributed by atoms with Gasteiger partial charge in [-0.2, -0.15) is 5.26 Å². The zero-order valence-electron chi connectivity index (χ0n) is 13.1. The van der Waals surface area contributed by atoms with Crippen LogP contribution in [0, 0.1) is 11.3 Å². The molecule has 0 aromatic carbocycles. The Morgan fingerprint density at radius 1 is 1.43 bits per heavy atom. The van der Waals surface area contributed by atoms with E-state index in [2.05, 4.69) is 5.32 Å². The molecule has 21 heavy (non-hydrogen) atoms. The van der Waals surface area contributed by atoms with Crippen LogP contribution in [0.3, 0.4) is 0 Å². The number of carbonyl (C=O) groups is 2. The normalized spacial score (nSPS) is 21.8.